The molecule has 4 amide bonds. The molecule has 36 heavy (non-hydrogen) atoms. The average Bonchev–Trinajstić information content (AvgIpc) is 3.10. The number of hydrogen-bond acceptors (Lipinski definition) is 5. The summed E-state index contributed by atoms with van der Waals surface area (Å²) in [6, 6.07) is 7.93. The molecule has 1 aromatic rings. The molecule has 4 heterocycles. The number of fused-ring (bicyclic) bond motifs is 1. The molecule has 196 valence electrons. The maximum atomic E-state index is 12.8. The minimum Gasteiger partial charge on any atom is -0.439 e. The van der Waals surface area contributed by atoms with Crippen LogP contribution < -0.4 is 10.6 Å². The Labute approximate surface area is 213 Å². The van der Waals surface area contributed by atoms with Crippen molar-refractivity contribution in [2.24, 2.45) is 11.8 Å². The van der Waals surface area contributed by atoms with Crippen LogP contribution in [-0.4, -0.2) is 91.2 Å². The van der Waals surface area contributed by atoms with Gasteiger partial charge in [-0.15, -0.1) is 0 Å². The standard InChI is InChI=1S/C27H39N5O4/c33-25(30-14-7-21(8-15-30)20-5-12-28-13-6-20)19-36-27(35)31-16-10-23(11-17-31)32-18-9-22-3-1-2-4-24(22)29-26(32)34/h1-4,20-21,23,28H,5-19H2,(H,29,34). The second-order valence-electron chi connectivity index (χ2n) is 10.6. The number of rotatable bonds is 4. The molecule has 0 radical (unpaired) electrons. The number of ether oxygens (including phenoxy) is 1. The Bertz CT molecular complexity index is 934. The lowest BCUT2D eigenvalue weighted by molar-refractivity contribution is -0.136. The zero-order valence-corrected chi connectivity index (χ0v) is 21.1. The van der Waals surface area contributed by atoms with Crippen molar-refractivity contribution >= 4 is 23.7 Å². The molecule has 9 nitrogen and oxygen atoms in total. The third-order valence-electron chi connectivity index (χ3n) is 8.57. The first kappa shape index (κ1) is 24.9. The lowest BCUT2D eigenvalue weighted by atomic mass is 9.79. The number of likely N-dealkylation sites (tertiary alicyclic amines) is 2. The van der Waals surface area contributed by atoms with Crippen LogP contribution in [0.2, 0.25) is 0 Å². The van der Waals surface area contributed by atoms with E-state index < -0.39 is 6.09 Å². The van der Waals surface area contributed by atoms with Crippen LogP contribution in [0.3, 0.4) is 0 Å². The Morgan fingerprint density at radius 3 is 2.28 bits per heavy atom. The van der Waals surface area contributed by atoms with Gasteiger partial charge in [0.25, 0.3) is 5.91 Å². The van der Waals surface area contributed by atoms with E-state index in [4.69, 9.17) is 4.74 Å². The van der Waals surface area contributed by atoms with E-state index in [0.717, 1.165) is 62.6 Å². The molecule has 0 saturated carbocycles. The van der Waals surface area contributed by atoms with E-state index in [9.17, 15) is 14.4 Å². The summed E-state index contributed by atoms with van der Waals surface area (Å²) in [6.07, 6.45) is 6.37. The predicted molar refractivity (Wildman–Crippen MR) is 137 cm³/mol. The Morgan fingerprint density at radius 1 is 0.861 bits per heavy atom. The lowest BCUT2D eigenvalue weighted by Gasteiger charge is -2.38. The Kier molecular flexibility index (Phi) is 7.94. The number of carbonyl (C=O) groups excluding carboxylic acids is 3. The fraction of sp³-hybridized carbons (Fsp3) is 0.667. The molecule has 3 saturated heterocycles. The molecular formula is C27H39N5O4. The summed E-state index contributed by atoms with van der Waals surface area (Å²) in [5.74, 6) is 1.39. The van der Waals surface area contributed by atoms with Gasteiger partial charge in [-0.2, -0.15) is 0 Å². The fourth-order valence-corrected chi connectivity index (χ4v) is 6.34. The SMILES string of the molecule is O=C(COC(=O)N1CCC(N2CCc3ccccc3NC2=O)CC1)N1CCC(C2CCNCC2)CC1. The van der Waals surface area contributed by atoms with E-state index in [0.29, 0.717) is 38.4 Å². The maximum Gasteiger partial charge on any atom is 0.410 e. The van der Waals surface area contributed by atoms with Gasteiger partial charge < -0.3 is 30.1 Å². The Balaban J connectivity index is 1.02. The zero-order chi connectivity index (χ0) is 24.9. The molecule has 0 aromatic heterocycles. The van der Waals surface area contributed by atoms with Crippen molar-refractivity contribution in [2.45, 2.75) is 51.0 Å². The van der Waals surface area contributed by atoms with Gasteiger partial charge in [0.05, 0.1) is 0 Å². The third-order valence-corrected chi connectivity index (χ3v) is 8.57. The number of piperidine rings is 3. The normalized spacial score (nSPS) is 22.6. The van der Waals surface area contributed by atoms with Gasteiger partial charge in [0.15, 0.2) is 6.61 Å². The maximum absolute atomic E-state index is 12.8. The van der Waals surface area contributed by atoms with Gasteiger partial charge in [0.2, 0.25) is 0 Å². The Morgan fingerprint density at radius 2 is 1.53 bits per heavy atom. The van der Waals surface area contributed by atoms with Crippen LogP contribution in [0.15, 0.2) is 24.3 Å². The van der Waals surface area contributed by atoms with Crippen molar-refractivity contribution in [1.82, 2.24) is 20.0 Å². The van der Waals surface area contributed by atoms with Crippen LogP contribution in [0.25, 0.3) is 0 Å². The predicted octanol–water partition coefficient (Wildman–Crippen LogP) is 2.92. The minimum atomic E-state index is -0.431. The number of benzene rings is 1. The number of anilines is 1. The molecule has 0 aliphatic carbocycles. The van der Waals surface area contributed by atoms with E-state index in [-0.39, 0.29) is 24.6 Å². The molecule has 4 aliphatic heterocycles. The first-order valence-corrected chi connectivity index (χ1v) is 13.6. The van der Waals surface area contributed by atoms with E-state index in [1.807, 2.05) is 28.0 Å². The van der Waals surface area contributed by atoms with E-state index in [1.165, 1.54) is 12.8 Å². The lowest BCUT2D eigenvalue weighted by Crippen LogP contribution is -2.50. The monoisotopic (exact) mass is 497 g/mol. The molecule has 1 aromatic carbocycles. The first-order chi connectivity index (χ1) is 17.6. The van der Waals surface area contributed by atoms with Crippen LogP contribution >= 0.6 is 0 Å². The fourth-order valence-electron chi connectivity index (χ4n) is 6.34. The van der Waals surface area contributed by atoms with Crippen LogP contribution in [0.1, 0.15) is 44.1 Å². The van der Waals surface area contributed by atoms with Crippen molar-refractivity contribution in [2.75, 3.05) is 57.7 Å². The van der Waals surface area contributed by atoms with E-state index >= 15 is 0 Å². The van der Waals surface area contributed by atoms with Crippen molar-refractivity contribution in [3.05, 3.63) is 29.8 Å². The highest BCUT2D eigenvalue weighted by molar-refractivity contribution is 5.91. The van der Waals surface area contributed by atoms with Crippen molar-refractivity contribution < 1.29 is 19.1 Å². The molecule has 5 rings (SSSR count). The van der Waals surface area contributed by atoms with Gasteiger partial charge in [-0.3, -0.25) is 4.79 Å². The largest absolute Gasteiger partial charge is 0.439 e. The zero-order valence-electron chi connectivity index (χ0n) is 21.1. The number of para-hydroxylation sites is 1. The second-order valence-corrected chi connectivity index (χ2v) is 10.6. The molecule has 4 aliphatic rings. The molecule has 0 spiro atoms. The van der Waals surface area contributed by atoms with Gasteiger partial charge in [-0.1, -0.05) is 18.2 Å². The van der Waals surface area contributed by atoms with Crippen LogP contribution in [0.5, 0.6) is 0 Å². The summed E-state index contributed by atoms with van der Waals surface area (Å²) >= 11 is 0. The van der Waals surface area contributed by atoms with Gasteiger partial charge in [-0.05, 0) is 81.5 Å². The number of carbonyl (C=O) groups is 3. The van der Waals surface area contributed by atoms with Crippen LogP contribution in [-0.2, 0) is 16.0 Å². The van der Waals surface area contributed by atoms with Crippen molar-refractivity contribution in [3.63, 3.8) is 0 Å². The van der Waals surface area contributed by atoms with Crippen LogP contribution in [0.4, 0.5) is 15.3 Å². The minimum absolute atomic E-state index is 0.0736. The molecular weight excluding hydrogens is 458 g/mol. The van der Waals surface area contributed by atoms with Crippen LogP contribution in [0, 0.1) is 11.8 Å². The van der Waals surface area contributed by atoms with Gasteiger partial charge in [-0.25, -0.2) is 9.59 Å². The number of nitrogens with zero attached hydrogens (tertiary/aromatic N) is 3. The summed E-state index contributed by atoms with van der Waals surface area (Å²) in [7, 11) is 0. The number of urea groups is 1. The van der Waals surface area contributed by atoms with Gasteiger partial charge in [0.1, 0.15) is 0 Å². The quantitative estimate of drug-likeness (QED) is 0.667. The van der Waals surface area contributed by atoms with E-state index in [2.05, 4.69) is 16.7 Å². The van der Waals surface area contributed by atoms with E-state index in [1.54, 1.807) is 4.90 Å². The smallest absolute Gasteiger partial charge is 0.410 e. The van der Waals surface area contributed by atoms with Gasteiger partial charge >= 0.3 is 12.1 Å². The molecule has 0 unspecified atom stereocenters. The number of hydrogen-bond donors (Lipinski definition) is 2. The summed E-state index contributed by atoms with van der Waals surface area (Å²) in [6.45, 7) is 5.26. The molecule has 3 fully saturated rings. The number of nitrogens with one attached hydrogen (secondary N) is 2. The average molecular weight is 498 g/mol. The first-order valence-electron chi connectivity index (χ1n) is 13.6. The summed E-state index contributed by atoms with van der Waals surface area (Å²) in [4.78, 5) is 43.5. The second kappa shape index (κ2) is 11.5. The summed E-state index contributed by atoms with van der Waals surface area (Å²) in [5, 5.41) is 6.45. The highest BCUT2D eigenvalue weighted by atomic mass is 16.6. The molecule has 9 heteroatoms. The summed E-state index contributed by atoms with van der Waals surface area (Å²) < 4.78 is 5.40. The highest BCUT2D eigenvalue weighted by Crippen LogP contribution is 2.31. The molecule has 0 bridgehead atoms. The number of amides is 4. The Hall–Kier alpha value is -2.81. The van der Waals surface area contributed by atoms with Gasteiger partial charge in [0, 0.05) is 44.5 Å². The van der Waals surface area contributed by atoms with Crippen molar-refractivity contribution in [1.29, 1.82) is 0 Å². The summed E-state index contributed by atoms with van der Waals surface area (Å²) in [5.41, 5.74) is 2.03. The molecule has 2 N–H and O–H groups in total. The molecule has 0 atom stereocenters. The highest BCUT2D eigenvalue weighted by Gasteiger charge is 2.33. The third kappa shape index (κ3) is 5.77. The van der Waals surface area contributed by atoms with Crippen molar-refractivity contribution in [3.8, 4) is 0 Å². The topological polar surface area (TPSA) is 94.2 Å².